The lowest BCUT2D eigenvalue weighted by molar-refractivity contribution is -0.0896. The fourth-order valence-electron chi connectivity index (χ4n) is 6.75. The van der Waals surface area contributed by atoms with E-state index >= 15 is 0 Å². The quantitative estimate of drug-likeness (QED) is 0.445. The van der Waals surface area contributed by atoms with Crippen LogP contribution in [0.25, 0.3) is 0 Å². The molecule has 5 nitrogen and oxygen atoms in total. The Morgan fingerprint density at radius 1 is 1.19 bits per heavy atom. The SMILES string of the molecule is C=C1[C@@H](O)[C@@H](O)[C@@]2(C[C@@H]3C(C)=CC[C@@H]4[C@@](C)(CO)CCC[C@]34C)O[C@H]2[C@H]1O. The zero-order chi connectivity index (χ0) is 19.8. The minimum atomic E-state index is -1.16. The van der Waals surface area contributed by atoms with Crippen molar-refractivity contribution in [2.75, 3.05) is 6.61 Å². The fourth-order valence-corrected chi connectivity index (χ4v) is 6.75. The van der Waals surface area contributed by atoms with Crippen LogP contribution in [0.5, 0.6) is 0 Å². The van der Waals surface area contributed by atoms with Gasteiger partial charge in [-0.2, -0.15) is 0 Å². The van der Waals surface area contributed by atoms with E-state index in [-0.39, 0.29) is 28.9 Å². The average molecular weight is 379 g/mol. The van der Waals surface area contributed by atoms with E-state index in [1.165, 1.54) is 5.57 Å². The second kappa shape index (κ2) is 6.14. The molecule has 152 valence electrons. The molecule has 0 spiro atoms. The molecule has 4 aliphatic rings. The van der Waals surface area contributed by atoms with E-state index in [1.54, 1.807) is 0 Å². The molecule has 1 heterocycles. The fraction of sp³-hybridized carbons (Fsp3) is 0.818. The smallest absolute Gasteiger partial charge is 0.127 e. The third kappa shape index (κ3) is 2.55. The van der Waals surface area contributed by atoms with Crippen molar-refractivity contribution in [3.8, 4) is 0 Å². The molecule has 9 atom stereocenters. The van der Waals surface area contributed by atoms with E-state index in [0.29, 0.717) is 12.3 Å². The van der Waals surface area contributed by atoms with Gasteiger partial charge in [-0.1, -0.05) is 38.5 Å². The Bertz CT molecular complexity index is 674. The second-order valence-corrected chi connectivity index (χ2v) is 10.1. The van der Waals surface area contributed by atoms with Crippen LogP contribution in [-0.4, -0.2) is 57.0 Å². The highest BCUT2D eigenvalue weighted by Crippen LogP contribution is 2.63. The molecule has 3 fully saturated rings. The Morgan fingerprint density at radius 2 is 1.89 bits per heavy atom. The largest absolute Gasteiger partial charge is 0.396 e. The minimum Gasteiger partial charge on any atom is -0.396 e. The highest BCUT2D eigenvalue weighted by molar-refractivity contribution is 5.32. The van der Waals surface area contributed by atoms with Crippen LogP contribution >= 0.6 is 0 Å². The molecule has 0 aromatic heterocycles. The van der Waals surface area contributed by atoms with Gasteiger partial charge in [-0.15, -0.1) is 0 Å². The molecule has 1 saturated heterocycles. The molecule has 0 aromatic rings. The summed E-state index contributed by atoms with van der Waals surface area (Å²) in [6.07, 6.45) is 3.37. The molecule has 2 saturated carbocycles. The second-order valence-electron chi connectivity index (χ2n) is 10.1. The number of aliphatic hydroxyl groups excluding tert-OH is 4. The van der Waals surface area contributed by atoms with Crippen molar-refractivity contribution in [2.24, 2.45) is 22.7 Å². The van der Waals surface area contributed by atoms with Crippen molar-refractivity contribution in [3.63, 3.8) is 0 Å². The first-order valence-corrected chi connectivity index (χ1v) is 10.3. The first-order valence-electron chi connectivity index (χ1n) is 10.3. The molecule has 0 bridgehead atoms. The van der Waals surface area contributed by atoms with Gasteiger partial charge in [0, 0.05) is 6.61 Å². The van der Waals surface area contributed by atoms with E-state index < -0.39 is 30.0 Å². The summed E-state index contributed by atoms with van der Waals surface area (Å²) in [6.45, 7) is 10.6. The normalized spacial score (nSPS) is 54.8. The van der Waals surface area contributed by atoms with Crippen LogP contribution in [-0.2, 0) is 4.74 Å². The number of aliphatic hydroxyl groups is 4. The van der Waals surface area contributed by atoms with Gasteiger partial charge in [-0.25, -0.2) is 0 Å². The molecule has 1 aliphatic heterocycles. The summed E-state index contributed by atoms with van der Waals surface area (Å²) < 4.78 is 5.89. The molecule has 4 N–H and O–H groups in total. The van der Waals surface area contributed by atoms with Gasteiger partial charge in [0.25, 0.3) is 0 Å². The maximum atomic E-state index is 10.8. The zero-order valence-electron chi connectivity index (χ0n) is 16.7. The van der Waals surface area contributed by atoms with Gasteiger partial charge >= 0.3 is 0 Å². The third-order valence-electron chi connectivity index (χ3n) is 8.62. The van der Waals surface area contributed by atoms with E-state index in [2.05, 4.69) is 33.4 Å². The van der Waals surface area contributed by atoms with Crippen LogP contribution in [0.4, 0.5) is 0 Å². The third-order valence-corrected chi connectivity index (χ3v) is 8.62. The summed E-state index contributed by atoms with van der Waals surface area (Å²) in [5.41, 5.74) is 0.538. The molecule has 0 radical (unpaired) electrons. The maximum absolute atomic E-state index is 10.8. The molecule has 0 unspecified atom stereocenters. The molecule has 27 heavy (non-hydrogen) atoms. The average Bonchev–Trinajstić information content (AvgIpc) is 3.37. The van der Waals surface area contributed by atoms with Gasteiger partial charge in [0.1, 0.15) is 30.0 Å². The van der Waals surface area contributed by atoms with Gasteiger partial charge < -0.3 is 25.2 Å². The Kier molecular flexibility index (Phi) is 4.45. The van der Waals surface area contributed by atoms with Crippen molar-refractivity contribution < 1.29 is 25.2 Å². The van der Waals surface area contributed by atoms with Crippen molar-refractivity contribution in [2.45, 2.75) is 82.9 Å². The van der Waals surface area contributed by atoms with Crippen molar-refractivity contribution in [1.29, 1.82) is 0 Å². The standard InChI is InChI=1S/C22H34O5/c1-12-6-7-15-20(3,11-23)8-5-9-21(15,4)14(12)10-22-18(26)16(24)13(2)17(25)19(22)27-22/h6,14-19,23-26H,2,5,7-11H2,1,3-4H3/t14-,15-,16-,17+,18-,19+,20-,21-,22-/m1/s1. The van der Waals surface area contributed by atoms with Crippen LogP contribution < -0.4 is 0 Å². The summed E-state index contributed by atoms with van der Waals surface area (Å²) in [4.78, 5) is 0. The van der Waals surface area contributed by atoms with Crippen molar-refractivity contribution in [1.82, 2.24) is 0 Å². The maximum Gasteiger partial charge on any atom is 0.127 e. The molecule has 4 rings (SSSR count). The van der Waals surface area contributed by atoms with Crippen LogP contribution in [0.15, 0.2) is 23.8 Å². The molecule has 0 amide bonds. The lowest BCUT2D eigenvalue weighted by Crippen LogP contribution is -2.56. The topological polar surface area (TPSA) is 93.5 Å². The number of fused-ring (bicyclic) bond motifs is 2. The van der Waals surface area contributed by atoms with Crippen LogP contribution in [0, 0.1) is 22.7 Å². The first kappa shape index (κ1) is 19.6. The predicted molar refractivity (Wildman–Crippen MR) is 102 cm³/mol. The Morgan fingerprint density at radius 3 is 2.56 bits per heavy atom. The monoisotopic (exact) mass is 378 g/mol. The van der Waals surface area contributed by atoms with Gasteiger partial charge in [0.05, 0.1) is 0 Å². The predicted octanol–water partition coefficient (Wildman–Crippen LogP) is 1.94. The minimum absolute atomic E-state index is 0.00386. The number of epoxide rings is 1. The first-order chi connectivity index (χ1) is 12.6. The summed E-state index contributed by atoms with van der Waals surface area (Å²) in [5, 5.41) is 41.6. The Labute approximate surface area is 161 Å². The highest BCUT2D eigenvalue weighted by atomic mass is 16.6. The van der Waals surface area contributed by atoms with E-state index in [0.717, 1.165) is 25.7 Å². The lowest BCUT2D eigenvalue weighted by atomic mass is 9.47. The van der Waals surface area contributed by atoms with Crippen molar-refractivity contribution in [3.05, 3.63) is 23.8 Å². The van der Waals surface area contributed by atoms with E-state index in [9.17, 15) is 20.4 Å². The van der Waals surface area contributed by atoms with Gasteiger partial charge in [-0.3, -0.25) is 0 Å². The van der Waals surface area contributed by atoms with Gasteiger partial charge in [0.15, 0.2) is 0 Å². The van der Waals surface area contributed by atoms with Crippen molar-refractivity contribution >= 4 is 0 Å². The highest BCUT2D eigenvalue weighted by Gasteiger charge is 2.71. The molecule has 0 aromatic carbocycles. The number of rotatable bonds is 3. The van der Waals surface area contributed by atoms with Crippen LogP contribution in [0.1, 0.15) is 52.9 Å². The van der Waals surface area contributed by atoms with Gasteiger partial charge in [0.2, 0.25) is 0 Å². The lowest BCUT2D eigenvalue weighted by Gasteiger charge is -2.58. The number of hydrogen-bond donors (Lipinski definition) is 4. The Hall–Kier alpha value is -0.720. The Balaban J connectivity index is 1.67. The van der Waals surface area contributed by atoms with Crippen LogP contribution in [0.2, 0.25) is 0 Å². The summed E-state index contributed by atoms with van der Waals surface area (Å²) >= 11 is 0. The molecule has 5 heteroatoms. The van der Waals surface area contributed by atoms with E-state index in [4.69, 9.17) is 4.74 Å². The number of allylic oxidation sites excluding steroid dienone is 2. The summed E-state index contributed by atoms with van der Waals surface area (Å²) in [7, 11) is 0. The van der Waals surface area contributed by atoms with E-state index in [1.807, 2.05) is 0 Å². The zero-order valence-corrected chi connectivity index (χ0v) is 16.7. The molecular formula is C22H34O5. The summed E-state index contributed by atoms with van der Waals surface area (Å²) in [5.74, 6) is 0.560. The molecular weight excluding hydrogens is 344 g/mol. The molecule has 3 aliphatic carbocycles. The number of ether oxygens (including phenoxy) is 1. The van der Waals surface area contributed by atoms with Gasteiger partial charge in [-0.05, 0) is 60.8 Å². The van der Waals surface area contributed by atoms with Crippen LogP contribution in [0.3, 0.4) is 0 Å². The number of hydrogen-bond acceptors (Lipinski definition) is 5. The summed E-state index contributed by atoms with van der Waals surface area (Å²) in [6, 6.07) is 0.